The Morgan fingerprint density at radius 3 is 2.74 bits per heavy atom. The zero-order valence-electron chi connectivity index (χ0n) is 10.8. The number of alkyl halides is 3. The van der Waals surface area contributed by atoms with Gasteiger partial charge in [-0.1, -0.05) is 0 Å². The minimum Gasteiger partial charge on any atom is -0.487 e. The van der Waals surface area contributed by atoms with Crippen LogP contribution in [0.15, 0.2) is 18.3 Å². The van der Waals surface area contributed by atoms with Gasteiger partial charge in [0, 0.05) is 12.7 Å². The molecule has 1 aromatic rings. The first-order chi connectivity index (χ1) is 8.88. The van der Waals surface area contributed by atoms with Gasteiger partial charge in [0.05, 0.1) is 12.7 Å². The number of nitrogens with zero attached hydrogens (tertiary/aromatic N) is 1. The van der Waals surface area contributed by atoms with Crippen molar-refractivity contribution >= 4 is 5.82 Å². The highest BCUT2D eigenvalue weighted by atomic mass is 19.4. The summed E-state index contributed by atoms with van der Waals surface area (Å²) in [7, 11) is 0. The number of anilines is 1. The van der Waals surface area contributed by atoms with E-state index in [0.717, 1.165) is 0 Å². The lowest BCUT2D eigenvalue weighted by Crippen LogP contribution is -2.20. The van der Waals surface area contributed by atoms with E-state index >= 15 is 0 Å². The third-order valence-electron chi connectivity index (χ3n) is 1.94. The molecule has 0 aliphatic heterocycles. The summed E-state index contributed by atoms with van der Waals surface area (Å²) in [4.78, 5) is 4.06. The van der Waals surface area contributed by atoms with E-state index < -0.39 is 12.8 Å². The lowest BCUT2D eigenvalue weighted by molar-refractivity contribution is -0.172. The number of halogens is 3. The maximum Gasteiger partial charge on any atom is 0.411 e. The largest absolute Gasteiger partial charge is 0.487 e. The highest BCUT2D eigenvalue weighted by Crippen LogP contribution is 2.21. The topological polar surface area (TPSA) is 43.4 Å². The van der Waals surface area contributed by atoms with Crippen LogP contribution in [0.3, 0.4) is 0 Å². The molecular formula is C12H17F3N2O2. The molecule has 0 bridgehead atoms. The maximum absolute atomic E-state index is 11.8. The molecule has 19 heavy (non-hydrogen) atoms. The molecule has 7 heteroatoms. The van der Waals surface area contributed by atoms with Gasteiger partial charge in [-0.25, -0.2) is 4.98 Å². The lowest BCUT2D eigenvalue weighted by Gasteiger charge is -2.14. The predicted molar refractivity (Wildman–Crippen MR) is 65.4 cm³/mol. The molecule has 0 spiro atoms. The number of ether oxygens (including phenoxy) is 2. The van der Waals surface area contributed by atoms with Gasteiger partial charge in [-0.05, 0) is 26.0 Å². The Bertz CT molecular complexity index is 383. The van der Waals surface area contributed by atoms with Crippen LogP contribution in [0.4, 0.5) is 19.0 Å². The predicted octanol–water partition coefficient (Wildman–Crippen LogP) is 2.86. The molecule has 0 fully saturated rings. The number of nitrogens with one attached hydrogen (secondary N) is 1. The molecule has 108 valence electrons. The van der Waals surface area contributed by atoms with Crippen molar-refractivity contribution in [1.82, 2.24) is 4.98 Å². The number of hydrogen-bond acceptors (Lipinski definition) is 4. The fourth-order valence-corrected chi connectivity index (χ4v) is 1.30. The summed E-state index contributed by atoms with van der Waals surface area (Å²) in [6.07, 6.45) is -2.73. The van der Waals surface area contributed by atoms with Gasteiger partial charge in [0.25, 0.3) is 0 Å². The summed E-state index contributed by atoms with van der Waals surface area (Å²) in [6, 6.07) is 3.47. The average Bonchev–Trinajstić information content (AvgIpc) is 2.28. The SMILES string of the molecule is CC(C)Oc1cccnc1NCCOCC(F)(F)F. The average molecular weight is 278 g/mol. The van der Waals surface area contributed by atoms with Crippen molar-refractivity contribution in [2.45, 2.75) is 26.1 Å². The molecule has 0 amide bonds. The minimum absolute atomic E-state index is 0.00812. The van der Waals surface area contributed by atoms with Crippen LogP contribution in [0.2, 0.25) is 0 Å². The first-order valence-electron chi connectivity index (χ1n) is 5.88. The van der Waals surface area contributed by atoms with Crippen LogP contribution >= 0.6 is 0 Å². The molecule has 1 aromatic heterocycles. The second-order valence-electron chi connectivity index (χ2n) is 4.11. The third-order valence-corrected chi connectivity index (χ3v) is 1.94. The van der Waals surface area contributed by atoms with Crippen molar-refractivity contribution in [3.8, 4) is 5.75 Å². The molecule has 1 heterocycles. The second kappa shape index (κ2) is 7.18. The molecule has 0 unspecified atom stereocenters. The molecule has 0 radical (unpaired) electrons. The fourth-order valence-electron chi connectivity index (χ4n) is 1.30. The summed E-state index contributed by atoms with van der Waals surface area (Å²) in [5.41, 5.74) is 0. The van der Waals surface area contributed by atoms with E-state index in [1.807, 2.05) is 13.8 Å². The summed E-state index contributed by atoms with van der Waals surface area (Å²) in [5, 5.41) is 2.88. The summed E-state index contributed by atoms with van der Waals surface area (Å²) in [5.74, 6) is 1.06. The van der Waals surface area contributed by atoms with E-state index in [2.05, 4.69) is 15.0 Å². The molecular weight excluding hydrogens is 261 g/mol. The van der Waals surface area contributed by atoms with Crippen molar-refractivity contribution in [2.75, 3.05) is 25.1 Å². The van der Waals surface area contributed by atoms with Gasteiger partial charge in [0.15, 0.2) is 11.6 Å². The lowest BCUT2D eigenvalue weighted by atomic mass is 10.4. The minimum atomic E-state index is -4.29. The smallest absolute Gasteiger partial charge is 0.411 e. The Kier molecular flexibility index (Phi) is 5.88. The van der Waals surface area contributed by atoms with Crippen molar-refractivity contribution in [3.63, 3.8) is 0 Å². The Hall–Kier alpha value is -1.50. The van der Waals surface area contributed by atoms with E-state index in [-0.39, 0.29) is 19.3 Å². The van der Waals surface area contributed by atoms with Gasteiger partial charge >= 0.3 is 6.18 Å². The van der Waals surface area contributed by atoms with E-state index in [9.17, 15) is 13.2 Å². The molecule has 0 aromatic carbocycles. The maximum atomic E-state index is 11.8. The number of rotatable bonds is 7. The Morgan fingerprint density at radius 1 is 1.37 bits per heavy atom. The van der Waals surface area contributed by atoms with Crippen molar-refractivity contribution in [2.24, 2.45) is 0 Å². The molecule has 0 aliphatic carbocycles. The van der Waals surface area contributed by atoms with Crippen LogP contribution in [0.25, 0.3) is 0 Å². The number of aromatic nitrogens is 1. The molecule has 0 atom stereocenters. The zero-order valence-corrected chi connectivity index (χ0v) is 10.8. The van der Waals surface area contributed by atoms with Crippen LogP contribution in [0.1, 0.15) is 13.8 Å². The summed E-state index contributed by atoms with van der Waals surface area (Å²) >= 11 is 0. The first-order valence-corrected chi connectivity index (χ1v) is 5.88. The molecule has 0 saturated heterocycles. The highest BCUT2D eigenvalue weighted by molar-refractivity contribution is 5.49. The fraction of sp³-hybridized carbons (Fsp3) is 0.583. The van der Waals surface area contributed by atoms with Crippen LogP contribution in [0.5, 0.6) is 5.75 Å². The quantitative estimate of drug-likeness (QED) is 0.779. The van der Waals surface area contributed by atoms with E-state index in [1.54, 1.807) is 18.3 Å². The Morgan fingerprint density at radius 2 is 2.11 bits per heavy atom. The van der Waals surface area contributed by atoms with E-state index in [0.29, 0.717) is 11.6 Å². The Balaban J connectivity index is 2.36. The highest BCUT2D eigenvalue weighted by Gasteiger charge is 2.27. The van der Waals surface area contributed by atoms with Gasteiger partial charge in [-0.3, -0.25) is 0 Å². The standard InChI is InChI=1S/C12H17F3N2O2/c1-9(2)19-10-4-3-5-16-11(10)17-6-7-18-8-12(13,14)15/h3-5,9H,6-8H2,1-2H3,(H,16,17). The van der Waals surface area contributed by atoms with Gasteiger partial charge in [-0.2, -0.15) is 13.2 Å². The van der Waals surface area contributed by atoms with Gasteiger partial charge in [0.1, 0.15) is 6.61 Å². The van der Waals surface area contributed by atoms with Crippen molar-refractivity contribution < 1.29 is 22.6 Å². The monoisotopic (exact) mass is 278 g/mol. The van der Waals surface area contributed by atoms with Crippen LogP contribution in [0, 0.1) is 0 Å². The van der Waals surface area contributed by atoms with Crippen molar-refractivity contribution in [3.05, 3.63) is 18.3 Å². The molecule has 4 nitrogen and oxygen atoms in total. The van der Waals surface area contributed by atoms with E-state index in [1.165, 1.54) is 0 Å². The van der Waals surface area contributed by atoms with Crippen LogP contribution in [-0.4, -0.2) is 37.0 Å². The first kappa shape index (κ1) is 15.6. The molecule has 0 aliphatic rings. The van der Waals surface area contributed by atoms with Gasteiger partial charge in [-0.15, -0.1) is 0 Å². The van der Waals surface area contributed by atoms with Gasteiger partial charge < -0.3 is 14.8 Å². The van der Waals surface area contributed by atoms with Crippen LogP contribution in [-0.2, 0) is 4.74 Å². The molecule has 0 saturated carbocycles. The number of hydrogen-bond donors (Lipinski definition) is 1. The molecule has 1 N–H and O–H groups in total. The third kappa shape index (κ3) is 6.85. The van der Waals surface area contributed by atoms with Crippen molar-refractivity contribution in [1.29, 1.82) is 0 Å². The zero-order chi connectivity index (χ0) is 14.3. The van der Waals surface area contributed by atoms with E-state index in [4.69, 9.17) is 4.74 Å². The molecule has 1 rings (SSSR count). The summed E-state index contributed by atoms with van der Waals surface area (Å²) in [6.45, 7) is 2.68. The van der Waals surface area contributed by atoms with Crippen LogP contribution < -0.4 is 10.1 Å². The second-order valence-corrected chi connectivity index (χ2v) is 4.11. The summed E-state index contributed by atoms with van der Waals surface area (Å²) < 4.78 is 45.5. The normalized spacial score (nSPS) is 11.7. The van der Waals surface area contributed by atoms with Gasteiger partial charge in [0.2, 0.25) is 0 Å². The number of pyridine rings is 1. The Labute approximate surface area is 109 Å².